The van der Waals surface area contributed by atoms with Crippen molar-refractivity contribution < 1.29 is 9.53 Å². The standard InChI is InChI=1S/C16H21ClN2O2/c17-13-5-3-4-12(10-13)16(6-1-2-7-16)19-15(20)14-11-18-8-9-21-14/h3-5,10,14,18H,1-2,6-9,11H2,(H,19,20). The second kappa shape index (κ2) is 6.34. The molecule has 1 aromatic carbocycles. The Morgan fingerprint density at radius 1 is 1.38 bits per heavy atom. The fourth-order valence-corrected chi connectivity index (χ4v) is 3.49. The van der Waals surface area contributed by atoms with Crippen molar-refractivity contribution in [3.63, 3.8) is 0 Å². The molecule has 1 unspecified atom stereocenters. The first-order chi connectivity index (χ1) is 10.2. The molecule has 3 rings (SSSR count). The largest absolute Gasteiger partial charge is 0.366 e. The Kier molecular flexibility index (Phi) is 4.48. The van der Waals surface area contributed by atoms with Gasteiger partial charge in [0.2, 0.25) is 0 Å². The molecule has 1 aliphatic heterocycles. The monoisotopic (exact) mass is 308 g/mol. The number of halogens is 1. The molecule has 1 aliphatic carbocycles. The van der Waals surface area contributed by atoms with Gasteiger partial charge in [-0.1, -0.05) is 36.6 Å². The van der Waals surface area contributed by atoms with Crippen LogP contribution in [0, 0.1) is 0 Å². The SMILES string of the molecule is O=C(NC1(c2cccc(Cl)c2)CCCC1)C1CNCCO1. The van der Waals surface area contributed by atoms with Crippen molar-refractivity contribution in [3.05, 3.63) is 34.9 Å². The molecule has 1 saturated heterocycles. The van der Waals surface area contributed by atoms with Crippen molar-refractivity contribution >= 4 is 17.5 Å². The van der Waals surface area contributed by atoms with E-state index in [4.69, 9.17) is 16.3 Å². The average molecular weight is 309 g/mol. The van der Waals surface area contributed by atoms with Gasteiger partial charge < -0.3 is 15.4 Å². The van der Waals surface area contributed by atoms with Crippen LogP contribution < -0.4 is 10.6 Å². The number of benzene rings is 1. The summed E-state index contributed by atoms with van der Waals surface area (Å²) in [7, 11) is 0. The summed E-state index contributed by atoms with van der Waals surface area (Å²) in [6.45, 7) is 1.98. The van der Waals surface area contributed by atoms with Crippen LogP contribution in [-0.2, 0) is 15.1 Å². The third-order valence-corrected chi connectivity index (χ3v) is 4.65. The predicted octanol–water partition coefficient (Wildman–Crippen LogP) is 2.21. The van der Waals surface area contributed by atoms with Crippen molar-refractivity contribution in [1.82, 2.24) is 10.6 Å². The predicted molar refractivity (Wildman–Crippen MR) is 82.4 cm³/mol. The minimum Gasteiger partial charge on any atom is -0.366 e. The molecule has 114 valence electrons. The van der Waals surface area contributed by atoms with Gasteiger partial charge in [0.05, 0.1) is 12.1 Å². The fraction of sp³-hybridized carbons (Fsp3) is 0.562. The van der Waals surface area contributed by atoms with E-state index in [0.29, 0.717) is 18.2 Å². The summed E-state index contributed by atoms with van der Waals surface area (Å²) in [5.41, 5.74) is 0.813. The summed E-state index contributed by atoms with van der Waals surface area (Å²) >= 11 is 6.12. The highest BCUT2D eigenvalue weighted by Gasteiger charge is 2.39. The fourth-order valence-electron chi connectivity index (χ4n) is 3.30. The summed E-state index contributed by atoms with van der Waals surface area (Å²) in [6.07, 6.45) is 3.77. The second-order valence-corrected chi connectivity index (χ2v) is 6.29. The number of carbonyl (C=O) groups is 1. The zero-order valence-electron chi connectivity index (χ0n) is 12.0. The zero-order chi connectivity index (χ0) is 14.7. The first-order valence-electron chi connectivity index (χ1n) is 7.60. The smallest absolute Gasteiger partial charge is 0.251 e. The van der Waals surface area contributed by atoms with E-state index in [1.165, 1.54) is 0 Å². The Morgan fingerprint density at radius 3 is 2.86 bits per heavy atom. The van der Waals surface area contributed by atoms with Crippen molar-refractivity contribution in [2.75, 3.05) is 19.7 Å². The Labute approximate surface area is 130 Å². The molecule has 1 amide bonds. The van der Waals surface area contributed by atoms with Crippen LogP contribution in [0.2, 0.25) is 5.02 Å². The molecule has 0 bridgehead atoms. The van der Waals surface area contributed by atoms with Gasteiger partial charge in [0.25, 0.3) is 5.91 Å². The number of carbonyl (C=O) groups excluding carboxylic acids is 1. The highest BCUT2D eigenvalue weighted by Crippen LogP contribution is 2.39. The van der Waals surface area contributed by atoms with Crippen molar-refractivity contribution in [3.8, 4) is 0 Å². The van der Waals surface area contributed by atoms with Crippen LogP contribution in [0.15, 0.2) is 24.3 Å². The van der Waals surface area contributed by atoms with Crippen LogP contribution in [0.4, 0.5) is 0 Å². The molecule has 2 fully saturated rings. The van der Waals surface area contributed by atoms with Crippen molar-refractivity contribution in [2.24, 2.45) is 0 Å². The number of hydrogen-bond donors (Lipinski definition) is 2. The molecule has 1 aromatic rings. The third-order valence-electron chi connectivity index (χ3n) is 4.42. The van der Waals surface area contributed by atoms with Crippen LogP contribution in [0.3, 0.4) is 0 Å². The van der Waals surface area contributed by atoms with Gasteiger partial charge in [-0.15, -0.1) is 0 Å². The topological polar surface area (TPSA) is 50.4 Å². The van der Waals surface area contributed by atoms with Gasteiger partial charge in [0.1, 0.15) is 6.10 Å². The van der Waals surface area contributed by atoms with Gasteiger partial charge in [0, 0.05) is 18.1 Å². The molecule has 0 spiro atoms. The Morgan fingerprint density at radius 2 is 2.19 bits per heavy atom. The van der Waals surface area contributed by atoms with Gasteiger partial charge in [-0.05, 0) is 30.5 Å². The summed E-state index contributed by atoms with van der Waals surface area (Å²) in [4.78, 5) is 12.5. The Hall–Kier alpha value is -1.10. The number of ether oxygens (including phenoxy) is 1. The molecule has 2 aliphatic rings. The first kappa shape index (κ1) is 14.8. The minimum absolute atomic E-state index is 0.0240. The molecule has 0 aromatic heterocycles. The van der Waals surface area contributed by atoms with Crippen molar-refractivity contribution in [2.45, 2.75) is 37.3 Å². The lowest BCUT2D eigenvalue weighted by Crippen LogP contribution is -2.53. The number of nitrogens with one attached hydrogen (secondary N) is 2. The summed E-state index contributed by atoms with van der Waals surface area (Å²) < 4.78 is 5.55. The molecule has 1 saturated carbocycles. The van der Waals surface area contributed by atoms with Gasteiger partial charge in [-0.25, -0.2) is 0 Å². The van der Waals surface area contributed by atoms with E-state index in [1.54, 1.807) is 0 Å². The lowest BCUT2D eigenvalue weighted by Gasteiger charge is -2.34. The van der Waals surface area contributed by atoms with Gasteiger partial charge in [0.15, 0.2) is 0 Å². The number of rotatable bonds is 3. The van der Waals surface area contributed by atoms with Crippen LogP contribution >= 0.6 is 11.6 Å². The number of hydrogen-bond acceptors (Lipinski definition) is 3. The number of amides is 1. The summed E-state index contributed by atoms with van der Waals surface area (Å²) in [5, 5.41) is 7.15. The van der Waals surface area contributed by atoms with E-state index >= 15 is 0 Å². The molecule has 1 heterocycles. The maximum Gasteiger partial charge on any atom is 0.251 e. The lowest BCUT2D eigenvalue weighted by molar-refractivity contribution is -0.136. The van der Waals surface area contributed by atoms with E-state index < -0.39 is 6.10 Å². The highest BCUT2D eigenvalue weighted by molar-refractivity contribution is 6.30. The normalized spacial score (nSPS) is 24.7. The molecular weight excluding hydrogens is 288 g/mol. The molecule has 5 heteroatoms. The van der Waals surface area contributed by atoms with Gasteiger partial charge >= 0.3 is 0 Å². The molecule has 2 N–H and O–H groups in total. The van der Waals surface area contributed by atoms with E-state index in [1.807, 2.05) is 18.2 Å². The zero-order valence-corrected chi connectivity index (χ0v) is 12.8. The third kappa shape index (κ3) is 3.23. The van der Waals surface area contributed by atoms with Crippen LogP contribution in [0.1, 0.15) is 31.2 Å². The summed E-state index contributed by atoms with van der Waals surface area (Å²) in [5.74, 6) is -0.0240. The maximum absolute atomic E-state index is 12.5. The van der Waals surface area contributed by atoms with E-state index in [0.717, 1.165) is 37.8 Å². The lowest BCUT2D eigenvalue weighted by atomic mass is 9.88. The molecular formula is C16H21ClN2O2. The molecule has 21 heavy (non-hydrogen) atoms. The quantitative estimate of drug-likeness (QED) is 0.900. The Bertz CT molecular complexity index is 509. The molecule has 4 nitrogen and oxygen atoms in total. The van der Waals surface area contributed by atoms with E-state index in [-0.39, 0.29) is 11.4 Å². The number of morpholine rings is 1. The van der Waals surface area contributed by atoms with Crippen LogP contribution in [0.5, 0.6) is 0 Å². The highest BCUT2D eigenvalue weighted by atomic mass is 35.5. The average Bonchev–Trinajstić information content (AvgIpc) is 2.98. The van der Waals surface area contributed by atoms with Gasteiger partial charge in [-0.2, -0.15) is 0 Å². The summed E-state index contributed by atoms with van der Waals surface area (Å²) in [6, 6.07) is 7.83. The van der Waals surface area contributed by atoms with Gasteiger partial charge in [-0.3, -0.25) is 4.79 Å². The van der Waals surface area contributed by atoms with Crippen molar-refractivity contribution in [1.29, 1.82) is 0 Å². The minimum atomic E-state index is -0.393. The van der Waals surface area contributed by atoms with Crippen LogP contribution in [0.25, 0.3) is 0 Å². The Balaban J connectivity index is 1.79. The first-order valence-corrected chi connectivity index (χ1v) is 7.98. The maximum atomic E-state index is 12.5. The van der Waals surface area contributed by atoms with E-state index in [2.05, 4.69) is 16.7 Å². The molecule has 1 atom stereocenters. The molecule has 0 radical (unpaired) electrons. The van der Waals surface area contributed by atoms with Crippen LogP contribution in [-0.4, -0.2) is 31.7 Å². The second-order valence-electron chi connectivity index (χ2n) is 5.85. The van der Waals surface area contributed by atoms with E-state index in [9.17, 15) is 4.79 Å².